The molecular weight excluding hydrogens is 528 g/mol. The summed E-state index contributed by atoms with van der Waals surface area (Å²) in [5, 5.41) is 7.02. The van der Waals surface area contributed by atoms with Crippen molar-refractivity contribution in [3.8, 4) is 28.1 Å². The number of alkyl halides is 3. The largest absolute Gasteiger partial charge is 0.496 e. The van der Waals surface area contributed by atoms with E-state index < -0.39 is 18.5 Å². The molecule has 0 radical (unpaired) electrons. The Kier molecular flexibility index (Phi) is 7.48. The molecular formula is C27H28F4N8O. The van der Waals surface area contributed by atoms with E-state index >= 15 is 0 Å². The Bertz CT molecular complexity index is 1510. The van der Waals surface area contributed by atoms with Crippen LogP contribution >= 0.6 is 0 Å². The van der Waals surface area contributed by atoms with Gasteiger partial charge in [-0.2, -0.15) is 18.3 Å². The number of rotatable bonds is 7. The van der Waals surface area contributed by atoms with Crippen LogP contribution in [-0.4, -0.2) is 52.2 Å². The van der Waals surface area contributed by atoms with E-state index in [-0.39, 0.29) is 28.7 Å². The molecule has 1 saturated heterocycles. The fraction of sp³-hybridized carbons (Fsp3) is 0.296. The number of nitrogens with two attached hydrogens (primary N) is 2. The van der Waals surface area contributed by atoms with E-state index in [4.69, 9.17) is 16.2 Å². The van der Waals surface area contributed by atoms with E-state index in [1.54, 1.807) is 30.5 Å². The number of nitrogens with one attached hydrogen (secondary N) is 1. The van der Waals surface area contributed by atoms with Gasteiger partial charge in [0.1, 0.15) is 35.4 Å². The van der Waals surface area contributed by atoms with Gasteiger partial charge in [-0.25, -0.2) is 14.4 Å². The summed E-state index contributed by atoms with van der Waals surface area (Å²) in [7, 11) is 1.43. The van der Waals surface area contributed by atoms with Crippen molar-refractivity contribution in [3.05, 3.63) is 60.8 Å². The second-order valence-corrected chi connectivity index (χ2v) is 9.55. The highest BCUT2D eigenvalue weighted by Gasteiger charge is 2.29. The van der Waals surface area contributed by atoms with Crippen molar-refractivity contribution < 1.29 is 22.3 Å². The highest BCUT2D eigenvalue weighted by atomic mass is 19.4. The molecule has 4 aromatic rings. The molecule has 0 unspecified atom stereocenters. The van der Waals surface area contributed by atoms with Gasteiger partial charge in [-0.05, 0) is 37.1 Å². The molecule has 5 N–H and O–H groups in total. The molecule has 1 fully saturated rings. The maximum absolute atomic E-state index is 14.8. The predicted octanol–water partition coefficient (Wildman–Crippen LogP) is 4.97. The molecule has 1 aliphatic rings. The van der Waals surface area contributed by atoms with Crippen molar-refractivity contribution >= 4 is 23.0 Å². The lowest BCUT2D eigenvalue weighted by Crippen LogP contribution is -2.43. The fourth-order valence-corrected chi connectivity index (χ4v) is 4.77. The summed E-state index contributed by atoms with van der Waals surface area (Å²) >= 11 is 0. The van der Waals surface area contributed by atoms with Gasteiger partial charge in [0, 0.05) is 54.4 Å². The number of hydrogen-bond acceptors (Lipinski definition) is 8. The first-order valence-electron chi connectivity index (χ1n) is 12.6. The smallest absolute Gasteiger partial charge is 0.408 e. The summed E-state index contributed by atoms with van der Waals surface area (Å²) in [6.45, 7) is 0.102. The number of piperidine rings is 1. The quantitative estimate of drug-likeness (QED) is 0.273. The lowest BCUT2D eigenvalue weighted by atomic mass is 10.0. The fourth-order valence-electron chi connectivity index (χ4n) is 4.77. The van der Waals surface area contributed by atoms with Gasteiger partial charge in [0.05, 0.1) is 24.6 Å². The van der Waals surface area contributed by atoms with E-state index in [1.165, 1.54) is 31.6 Å². The molecule has 13 heteroatoms. The molecule has 1 atom stereocenters. The van der Waals surface area contributed by atoms with Crippen LogP contribution in [0.25, 0.3) is 22.4 Å². The highest BCUT2D eigenvalue weighted by molar-refractivity contribution is 5.82. The van der Waals surface area contributed by atoms with Crippen LogP contribution in [0.3, 0.4) is 0 Å². The minimum atomic E-state index is -4.39. The number of nitrogen functional groups attached to an aromatic ring is 1. The number of ether oxygens (including phenoxy) is 1. The zero-order chi connectivity index (χ0) is 28.4. The summed E-state index contributed by atoms with van der Waals surface area (Å²) in [5.74, 6) is 0.528. The van der Waals surface area contributed by atoms with Crippen molar-refractivity contribution in [3.63, 3.8) is 0 Å². The number of halogens is 4. The number of aromatic nitrogens is 4. The van der Waals surface area contributed by atoms with E-state index in [9.17, 15) is 17.6 Å². The van der Waals surface area contributed by atoms with Gasteiger partial charge in [0.2, 0.25) is 0 Å². The van der Waals surface area contributed by atoms with E-state index in [0.29, 0.717) is 29.3 Å². The van der Waals surface area contributed by atoms with Crippen LogP contribution in [0.2, 0.25) is 0 Å². The van der Waals surface area contributed by atoms with Crippen LogP contribution in [0, 0.1) is 5.82 Å². The first kappa shape index (κ1) is 27.2. The molecule has 1 aromatic carbocycles. The maximum Gasteiger partial charge on any atom is 0.408 e. The SMILES string of the molecule is COc1cccc(F)c1-c1nc(Nc2cc(N3CCC[C@H](N)C3)c(-c3cnn(CC(F)(F)F)c3)cn2)ccc1N. The Labute approximate surface area is 227 Å². The summed E-state index contributed by atoms with van der Waals surface area (Å²) < 4.78 is 59.6. The van der Waals surface area contributed by atoms with E-state index in [1.807, 2.05) is 0 Å². The topological polar surface area (TPSA) is 120 Å². The minimum absolute atomic E-state index is 0.0452. The van der Waals surface area contributed by atoms with Crippen molar-refractivity contribution in [1.82, 2.24) is 19.7 Å². The summed E-state index contributed by atoms with van der Waals surface area (Å²) in [6.07, 6.45) is 1.66. The molecule has 40 heavy (non-hydrogen) atoms. The minimum Gasteiger partial charge on any atom is -0.496 e. The summed E-state index contributed by atoms with van der Waals surface area (Å²) in [5.41, 5.74) is 14.8. The number of anilines is 4. The molecule has 1 aliphatic heterocycles. The summed E-state index contributed by atoms with van der Waals surface area (Å²) in [6, 6.07) is 9.43. The molecule has 3 aromatic heterocycles. The molecule has 9 nitrogen and oxygen atoms in total. The average Bonchev–Trinajstić information content (AvgIpc) is 3.36. The van der Waals surface area contributed by atoms with E-state index in [2.05, 4.69) is 25.3 Å². The van der Waals surface area contributed by atoms with Crippen molar-refractivity contribution in [1.29, 1.82) is 0 Å². The van der Waals surface area contributed by atoms with Crippen LogP contribution in [0.1, 0.15) is 12.8 Å². The van der Waals surface area contributed by atoms with Crippen molar-refractivity contribution in [2.75, 3.05) is 36.1 Å². The van der Waals surface area contributed by atoms with Gasteiger partial charge in [-0.15, -0.1) is 0 Å². The van der Waals surface area contributed by atoms with Crippen molar-refractivity contribution in [2.24, 2.45) is 5.73 Å². The first-order valence-corrected chi connectivity index (χ1v) is 12.6. The van der Waals surface area contributed by atoms with Crippen LogP contribution in [0.4, 0.5) is 40.6 Å². The third-order valence-corrected chi connectivity index (χ3v) is 6.58. The van der Waals surface area contributed by atoms with Crippen molar-refractivity contribution in [2.45, 2.75) is 31.6 Å². The Hall–Kier alpha value is -4.39. The Morgan fingerprint density at radius 2 is 1.98 bits per heavy atom. The molecule has 210 valence electrons. The third-order valence-electron chi connectivity index (χ3n) is 6.58. The lowest BCUT2D eigenvalue weighted by Gasteiger charge is -2.34. The zero-order valence-corrected chi connectivity index (χ0v) is 21.6. The molecule has 0 amide bonds. The second kappa shape index (κ2) is 11.0. The zero-order valence-electron chi connectivity index (χ0n) is 21.6. The number of hydrogen-bond donors (Lipinski definition) is 3. The Morgan fingerprint density at radius 3 is 2.73 bits per heavy atom. The second-order valence-electron chi connectivity index (χ2n) is 9.55. The third kappa shape index (κ3) is 5.93. The number of nitrogens with zero attached hydrogens (tertiary/aromatic N) is 5. The molecule has 0 aliphatic carbocycles. The molecule has 0 spiro atoms. The van der Waals surface area contributed by atoms with Crippen LogP contribution in [0.15, 0.2) is 55.0 Å². The van der Waals surface area contributed by atoms with Crippen LogP contribution in [0.5, 0.6) is 5.75 Å². The van der Waals surface area contributed by atoms with Gasteiger partial charge < -0.3 is 26.4 Å². The van der Waals surface area contributed by atoms with Gasteiger partial charge >= 0.3 is 6.18 Å². The standard InChI is InChI=1S/C27H28F4N8O/c1-40-22-6-2-5-19(28)25(22)26-20(33)7-8-23(37-26)36-24-10-21(38-9-3-4-17(32)14-38)18(12-34-24)16-11-35-39(13-16)15-27(29,30)31/h2,5-8,10-13,17H,3-4,9,14-15,32-33H2,1H3,(H,34,36,37)/t17-/m0/s1. The average molecular weight is 557 g/mol. The van der Waals surface area contributed by atoms with E-state index in [0.717, 1.165) is 29.8 Å². The lowest BCUT2D eigenvalue weighted by molar-refractivity contribution is -0.142. The van der Waals surface area contributed by atoms with Crippen LogP contribution in [-0.2, 0) is 6.54 Å². The van der Waals surface area contributed by atoms with Gasteiger partial charge in [0.15, 0.2) is 0 Å². The first-order chi connectivity index (χ1) is 19.1. The van der Waals surface area contributed by atoms with Crippen LogP contribution < -0.4 is 26.4 Å². The van der Waals surface area contributed by atoms with Gasteiger partial charge in [-0.1, -0.05) is 6.07 Å². The Balaban J connectivity index is 1.51. The Morgan fingerprint density at radius 1 is 1.15 bits per heavy atom. The summed E-state index contributed by atoms with van der Waals surface area (Å²) in [4.78, 5) is 11.1. The number of methoxy groups -OCH3 is 1. The van der Waals surface area contributed by atoms with Gasteiger partial charge in [0.25, 0.3) is 0 Å². The highest BCUT2D eigenvalue weighted by Crippen LogP contribution is 2.37. The maximum atomic E-state index is 14.8. The predicted molar refractivity (Wildman–Crippen MR) is 145 cm³/mol. The monoisotopic (exact) mass is 556 g/mol. The normalized spacial score (nSPS) is 15.8. The number of pyridine rings is 2. The molecule has 5 rings (SSSR count). The molecule has 0 bridgehead atoms. The molecule has 0 saturated carbocycles. The van der Waals surface area contributed by atoms with Gasteiger partial charge in [-0.3, -0.25) is 4.68 Å². The molecule has 4 heterocycles. The number of benzene rings is 1.